The molecule has 0 saturated carbocycles. The number of aromatic amines is 1. The van der Waals surface area contributed by atoms with Crippen LogP contribution in [0.3, 0.4) is 0 Å². The van der Waals surface area contributed by atoms with Crippen molar-refractivity contribution in [1.29, 1.82) is 0 Å². The second-order valence-electron chi connectivity index (χ2n) is 3.52. The van der Waals surface area contributed by atoms with Crippen molar-refractivity contribution in [3.05, 3.63) is 49.5 Å². The second kappa shape index (κ2) is 5.24. The molecule has 0 unspecified atom stereocenters. The molecule has 94 valence electrons. The molecule has 1 aromatic carbocycles. The fourth-order valence-electron chi connectivity index (χ4n) is 1.44. The van der Waals surface area contributed by atoms with Crippen LogP contribution in [0, 0.1) is 0 Å². The van der Waals surface area contributed by atoms with Crippen LogP contribution in [0.15, 0.2) is 28.4 Å². The minimum atomic E-state index is -1.03. The number of carboxylic acids is 1. The van der Waals surface area contributed by atoms with Crippen LogP contribution >= 0.6 is 22.9 Å². The van der Waals surface area contributed by atoms with Gasteiger partial charge in [-0.05, 0) is 18.2 Å². The molecule has 0 spiro atoms. The minimum Gasteiger partial charge on any atom is -0.478 e. The molecule has 0 bridgehead atoms. The summed E-state index contributed by atoms with van der Waals surface area (Å²) in [5.74, 6) is -1.03. The van der Waals surface area contributed by atoms with Gasteiger partial charge in [-0.2, -0.15) is 0 Å². The molecule has 2 aromatic rings. The number of rotatable bonds is 4. The first-order valence-electron chi connectivity index (χ1n) is 4.99. The first kappa shape index (κ1) is 12.7. The van der Waals surface area contributed by atoms with Crippen molar-refractivity contribution in [2.45, 2.75) is 6.54 Å². The van der Waals surface area contributed by atoms with Gasteiger partial charge in [-0.3, -0.25) is 4.79 Å². The number of nitrogens with one attached hydrogen (secondary N) is 2. The van der Waals surface area contributed by atoms with Crippen molar-refractivity contribution >= 4 is 34.6 Å². The average molecular weight is 285 g/mol. The molecule has 0 aliphatic heterocycles. The van der Waals surface area contributed by atoms with Gasteiger partial charge >= 0.3 is 10.8 Å². The molecule has 1 heterocycles. The summed E-state index contributed by atoms with van der Waals surface area (Å²) in [6, 6.07) is 4.49. The molecule has 0 fully saturated rings. The van der Waals surface area contributed by atoms with Gasteiger partial charge in [0.15, 0.2) is 0 Å². The van der Waals surface area contributed by atoms with Gasteiger partial charge in [0.1, 0.15) is 0 Å². The lowest BCUT2D eigenvalue weighted by Gasteiger charge is -2.08. The number of halogens is 1. The number of benzene rings is 1. The highest BCUT2D eigenvalue weighted by molar-refractivity contribution is 7.07. The molecule has 2 rings (SSSR count). The summed E-state index contributed by atoms with van der Waals surface area (Å²) in [6.07, 6.45) is 0. The van der Waals surface area contributed by atoms with E-state index in [1.807, 2.05) is 0 Å². The number of hydrogen-bond acceptors (Lipinski definition) is 4. The highest BCUT2D eigenvalue weighted by Crippen LogP contribution is 2.21. The van der Waals surface area contributed by atoms with Gasteiger partial charge in [-0.1, -0.05) is 22.9 Å². The standard InChI is InChI=1S/C11H9ClN2O3S/c12-6-1-2-8(10(15)16)9(3-6)13-4-7-5-18-11(17)14-7/h1-3,5,13H,4H2,(H,14,17)(H,15,16). The molecule has 0 radical (unpaired) electrons. The quantitative estimate of drug-likeness (QED) is 0.805. The Morgan fingerprint density at radius 3 is 2.89 bits per heavy atom. The van der Waals surface area contributed by atoms with Crippen LogP contribution in [-0.4, -0.2) is 16.1 Å². The van der Waals surface area contributed by atoms with Gasteiger partial charge in [-0.25, -0.2) is 4.79 Å². The molecule has 3 N–H and O–H groups in total. The van der Waals surface area contributed by atoms with Crippen LogP contribution in [0.5, 0.6) is 0 Å². The lowest BCUT2D eigenvalue weighted by molar-refractivity contribution is 0.0698. The van der Waals surface area contributed by atoms with E-state index in [1.54, 1.807) is 5.38 Å². The molecule has 0 amide bonds. The van der Waals surface area contributed by atoms with Crippen LogP contribution < -0.4 is 10.2 Å². The third-order valence-corrected chi connectivity index (χ3v) is 3.21. The van der Waals surface area contributed by atoms with Crippen molar-refractivity contribution in [2.75, 3.05) is 5.32 Å². The largest absolute Gasteiger partial charge is 0.478 e. The predicted octanol–water partition coefficient (Wildman–Crippen LogP) is 2.40. The van der Waals surface area contributed by atoms with Crippen LogP contribution in [0.1, 0.15) is 16.1 Å². The van der Waals surface area contributed by atoms with Crippen molar-refractivity contribution in [1.82, 2.24) is 4.98 Å². The molecule has 7 heteroatoms. The van der Waals surface area contributed by atoms with Crippen molar-refractivity contribution in [3.63, 3.8) is 0 Å². The predicted molar refractivity (Wildman–Crippen MR) is 70.7 cm³/mol. The molecule has 5 nitrogen and oxygen atoms in total. The third kappa shape index (κ3) is 2.91. The van der Waals surface area contributed by atoms with Gasteiger partial charge in [0.25, 0.3) is 0 Å². The van der Waals surface area contributed by atoms with Crippen molar-refractivity contribution in [2.24, 2.45) is 0 Å². The SMILES string of the molecule is O=C(O)c1ccc(Cl)cc1NCc1csc(=O)[nH]1. The van der Waals surface area contributed by atoms with Crippen LogP contribution in [0.2, 0.25) is 5.02 Å². The van der Waals surface area contributed by atoms with E-state index in [-0.39, 0.29) is 10.4 Å². The summed E-state index contributed by atoms with van der Waals surface area (Å²) in [6.45, 7) is 0.333. The monoisotopic (exact) mass is 284 g/mol. The number of aromatic carboxylic acids is 1. The summed E-state index contributed by atoms with van der Waals surface area (Å²) < 4.78 is 0. The average Bonchev–Trinajstić information content (AvgIpc) is 2.72. The molecule has 0 aliphatic rings. The van der Waals surface area contributed by atoms with Crippen LogP contribution in [0.25, 0.3) is 0 Å². The molecule has 1 aromatic heterocycles. The summed E-state index contributed by atoms with van der Waals surface area (Å²) in [5.41, 5.74) is 1.25. The van der Waals surface area contributed by atoms with E-state index in [9.17, 15) is 9.59 Å². The summed E-state index contributed by atoms with van der Waals surface area (Å²) in [7, 11) is 0. The Kier molecular flexibility index (Phi) is 3.69. The lowest BCUT2D eigenvalue weighted by atomic mass is 10.2. The second-order valence-corrected chi connectivity index (χ2v) is 4.80. The van der Waals surface area contributed by atoms with E-state index in [0.29, 0.717) is 22.9 Å². The summed E-state index contributed by atoms with van der Waals surface area (Å²) in [4.78, 5) is 24.4. The van der Waals surface area contributed by atoms with Gasteiger partial charge < -0.3 is 15.4 Å². The van der Waals surface area contributed by atoms with Gasteiger partial charge in [0.2, 0.25) is 0 Å². The molecule has 0 atom stereocenters. The van der Waals surface area contributed by atoms with E-state index < -0.39 is 5.97 Å². The van der Waals surface area contributed by atoms with Gasteiger partial charge in [-0.15, -0.1) is 0 Å². The van der Waals surface area contributed by atoms with E-state index in [1.165, 1.54) is 18.2 Å². The maximum Gasteiger partial charge on any atom is 0.337 e. The number of carbonyl (C=O) groups is 1. The fraction of sp³-hybridized carbons (Fsp3) is 0.0909. The molecule has 0 saturated heterocycles. The molecule has 18 heavy (non-hydrogen) atoms. The molecular formula is C11H9ClN2O3S. The Balaban J connectivity index is 2.20. The minimum absolute atomic E-state index is 0.136. The topological polar surface area (TPSA) is 82.2 Å². The first-order valence-corrected chi connectivity index (χ1v) is 6.25. The molecular weight excluding hydrogens is 276 g/mol. The number of hydrogen-bond donors (Lipinski definition) is 3. The van der Waals surface area contributed by atoms with E-state index >= 15 is 0 Å². The lowest BCUT2D eigenvalue weighted by Crippen LogP contribution is -2.07. The first-order chi connectivity index (χ1) is 8.56. The zero-order chi connectivity index (χ0) is 13.1. The maximum absolute atomic E-state index is 11.0. The van der Waals surface area contributed by atoms with Crippen molar-refractivity contribution < 1.29 is 9.90 Å². The van der Waals surface area contributed by atoms with Crippen LogP contribution in [0.4, 0.5) is 5.69 Å². The Morgan fingerprint density at radius 1 is 1.50 bits per heavy atom. The van der Waals surface area contributed by atoms with Crippen molar-refractivity contribution in [3.8, 4) is 0 Å². The Morgan fingerprint density at radius 2 is 2.28 bits per heavy atom. The molecule has 0 aliphatic carbocycles. The number of anilines is 1. The Labute approximate surface area is 111 Å². The fourth-order valence-corrected chi connectivity index (χ4v) is 2.19. The van der Waals surface area contributed by atoms with Crippen LogP contribution in [-0.2, 0) is 6.54 Å². The zero-order valence-electron chi connectivity index (χ0n) is 9.07. The third-order valence-electron chi connectivity index (χ3n) is 2.25. The summed E-state index contributed by atoms with van der Waals surface area (Å²) >= 11 is 6.88. The van der Waals surface area contributed by atoms with E-state index in [0.717, 1.165) is 11.3 Å². The smallest absolute Gasteiger partial charge is 0.337 e. The van der Waals surface area contributed by atoms with E-state index in [2.05, 4.69) is 10.3 Å². The van der Waals surface area contributed by atoms with Gasteiger partial charge in [0.05, 0.1) is 17.8 Å². The number of aromatic nitrogens is 1. The number of H-pyrrole nitrogens is 1. The normalized spacial score (nSPS) is 10.3. The zero-order valence-corrected chi connectivity index (χ0v) is 10.6. The Bertz CT molecular complexity index is 635. The maximum atomic E-state index is 11.0. The van der Waals surface area contributed by atoms with Gasteiger partial charge in [0, 0.05) is 16.1 Å². The highest BCUT2D eigenvalue weighted by atomic mass is 35.5. The number of carboxylic acid groups (broad SMARTS) is 1. The number of thiazole rings is 1. The Hall–Kier alpha value is -1.79. The highest BCUT2D eigenvalue weighted by Gasteiger charge is 2.10. The van der Waals surface area contributed by atoms with E-state index in [4.69, 9.17) is 16.7 Å². The summed E-state index contributed by atoms with van der Waals surface area (Å²) in [5, 5.41) is 14.1.